The molecular formula is C16H10Cl8Si. The second-order valence-electron chi connectivity index (χ2n) is 5.87. The Morgan fingerprint density at radius 1 is 0.720 bits per heavy atom. The molecule has 1 aliphatic rings. The SMILES string of the molecule is [SiH3]C[C@@H]1C[C@H](c2cc(Cl)c(Cl)c(Cl)c2Cl)c2c(Cl)c(Cl)c(Cl)c(Cl)c21. The average Bonchev–Trinajstić information content (AvgIpc) is 2.98. The number of fused-ring (bicyclic) bond motifs is 1. The molecule has 0 aliphatic heterocycles. The third kappa shape index (κ3) is 3.32. The van der Waals surface area contributed by atoms with E-state index in [1.807, 2.05) is 0 Å². The third-order valence-corrected chi connectivity index (χ3v) is 9.20. The second-order valence-corrected chi connectivity index (χ2v) is 9.74. The Morgan fingerprint density at radius 2 is 1.24 bits per heavy atom. The normalized spacial score (nSPS) is 19.5. The zero-order chi connectivity index (χ0) is 18.6. The van der Waals surface area contributed by atoms with Crippen LogP contribution in [-0.2, 0) is 0 Å². The lowest BCUT2D eigenvalue weighted by atomic mass is 9.92. The summed E-state index contributed by atoms with van der Waals surface area (Å²) in [6.07, 6.45) is 0.781. The second kappa shape index (κ2) is 7.77. The molecule has 0 spiro atoms. The maximum Gasteiger partial charge on any atom is 0.0796 e. The van der Waals surface area contributed by atoms with Crippen LogP contribution in [0.5, 0.6) is 0 Å². The summed E-state index contributed by atoms with van der Waals surface area (Å²) < 4.78 is 0. The van der Waals surface area contributed by atoms with E-state index in [9.17, 15) is 0 Å². The Morgan fingerprint density at radius 3 is 1.80 bits per heavy atom. The number of halogens is 8. The van der Waals surface area contributed by atoms with Gasteiger partial charge in [-0.25, -0.2) is 0 Å². The zero-order valence-corrected chi connectivity index (χ0v) is 20.7. The van der Waals surface area contributed by atoms with Gasteiger partial charge < -0.3 is 0 Å². The molecule has 0 saturated carbocycles. The van der Waals surface area contributed by atoms with Crippen molar-refractivity contribution in [3.8, 4) is 0 Å². The predicted octanol–water partition coefficient (Wildman–Crippen LogP) is 8.32. The Labute approximate surface area is 189 Å². The molecule has 3 rings (SSSR count). The van der Waals surface area contributed by atoms with Gasteiger partial charge in [-0.3, -0.25) is 0 Å². The number of hydrogen-bond donors (Lipinski definition) is 0. The molecule has 1 aliphatic carbocycles. The van der Waals surface area contributed by atoms with Crippen LogP contribution in [0.15, 0.2) is 6.07 Å². The Kier molecular flexibility index (Phi) is 6.44. The summed E-state index contributed by atoms with van der Waals surface area (Å²) in [6.45, 7) is 0. The average molecular weight is 514 g/mol. The fraction of sp³-hybridized carbons (Fsp3) is 0.250. The fourth-order valence-electron chi connectivity index (χ4n) is 3.42. The molecule has 0 nitrogen and oxygen atoms in total. The van der Waals surface area contributed by atoms with Crippen LogP contribution < -0.4 is 0 Å². The van der Waals surface area contributed by atoms with Crippen molar-refractivity contribution in [2.45, 2.75) is 24.3 Å². The molecule has 2 atom stereocenters. The van der Waals surface area contributed by atoms with E-state index in [4.69, 9.17) is 92.8 Å². The minimum Gasteiger partial charge on any atom is -0.0826 e. The van der Waals surface area contributed by atoms with Crippen LogP contribution in [0.1, 0.15) is 34.9 Å². The Bertz CT molecular complexity index is 880. The molecule has 0 fully saturated rings. The van der Waals surface area contributed by atoms with E-state index in [0.29, 0.717) is 20.1 Å². The highest BCUT2D eigenvalue weighted by Gasteiger charge is 2.38. The van der Waals surface area contributed by atoms with Crippen molar-refractivity contribution in [1.82, 2.24) is 0 Å². The van der Waals surface area contributed by atoms with E-state index in [1.165, 1.54) is 0 Å². The van der Waals surface area contributed by atoms with Crippen LogP contribution in [0.2, 0.25) is 46.2 Å². The van der Waals surface area contributed by atoms with Gasteiger partial charge in [0, 0.05) is 16.2 Å². The number of hydrogen-bond acceptors (Lipinski definition) is 0. The molecule has 2 aromatic carbocycles. The topological polar surface area (TPSA) is 0 Å². The molecule has 0 heterocycles. The third-order valence-electron chi connectivity index (χ3n) is 4.62. The van der Waals surface area contributed by atoms with Gasteiger partial charge in [0.2, 0.25) is 0 Å². The van der Waals surface area contributed by atoms with Gasteiger partial charge in [-0.1, -0.05) is 98.9 Å². The van der Waals surface area contributed by atoms with Crippen LogP contribution in [0.3, 0.4) is 0 Å². The first-order valence-corrected chi connectivity index (χ1v) is 11.8. The summed E-state index contributed by atoms with van der Waals surface area (Å²) >= 11 is 50.6. The lowest BCUT2D eigenvalue weighted by molar-refractivity contribution is 0.686. The quantitative estimate of drug-likeness (QED) is 0.215. The summed E-state index contributed by atoms with van der Waals surface area (Å²) in [7, 11) is 1.00. The largest absolute Gasteiger partial charge is 0.0826 e. The van der Waals surface area contributed by atoms with Gasteiger partial charge >= 0.3 is 0 Å². The van der Waals surface area contributed by atoms with E-state index in [2.05, 4.69) is 0 Å². The molecule has 9 heteroatoms. The van der Waals surface area contributed by atoms with E-state index in [0.717, 1.165) is 39.4 Å². The molecule has 0 aromatic heterocycles. The lowest BCUT2D eigenvalue weighted by Gasteiger charge is -2.19. The minimum absolute atomic E-state index is 0.131. The van der Waals surface area contributed by atoms with Gasteiger partial charge in [0.1, 0.15) is 0 Å². The van der Waals surface area contributed by atoms with Crippen molar-refractivity contribution >= 4 is 103 Å². The first kappa shape index (κ1) is 20.7. The Hall–Kier alpha value is 0.977. The van der Waals surface area contributed by atoms with Gasteiger partial charge in [0.15, 0.2) is 0 Å². The van der Waals surface area contributed by atoms with Crippen LogP contribution in [0.25, 0.3) is 0 Å². The summed E-state index contributed by atoms with van der Waals surface area (Å²) in [5, 5.41) is 2.53. The van der Waals surface area contributed by atoms with Crippen molar-refractivity contribution in [3.63, 3.8) is 0 Å². The minimum atomic E-state index is -0.131. The maximum atomic E-state index is 6.55. The first-order valence-electron chi connectivity index (χ1n) is 7.39. The van der Waals surface area contributed by atoms with Gasteiger partial charge in [0.25, 0.3) is 0 Å². The zero-order valence-electron chi connectivity index (χ0n) is 12.7. The predicted molar refractivity (Wildman–Crippen MR) is 117 cm³/mol. The fourth-order valence-corrected chi connectivity index (χ4v) is 6.28. The van der Waals surface area contributed by atoms with Crippen molar-refractivity contribution in [2.24, 2.45) is 0 Å². The van der Waals surface area contributed by atoms with E-state index in [-0.39, 0.29) is 31.9 Å². The molecule has 134 valence electrons. The standard InChI is InChI=1S/C16H10Cl8Si/c17-7-2-6(10(18)14(22)11(7)19)5-1-4(3-25)8-9(5)13(21)16(24)15(23)12(8)20/h2,4-5H,1,3H2,25H3/t4-,5+/m0/s1. The summed E-state index contributed by atoms with van der Waals surface area (Å²) in [5.74, 6) is 0.101. The summed E-state index contributed by atoms with van der Waals surface area (Å²) in [6, 6.07) is 2.74. The molecule has 0 unspecified atom stereocenters. The molecular weight excluding hydrogens is 504 g/mol. The molecule has 25 heavy (non-hydrogen) atoms. The van der Waals surface area contributed by atoms with Crippen LogP contribution in [-0.4, -0.2) is 10.2 Å². The molecule has 0 radical (unpaired) electrons. The monoisotopic (exact) mass is 510 g/mol. The van der Waals surface area contributed by atoms with Crippen molar-refractivity contribution in [2.75, 3.05) is 0 Å². The number of rotatable bonds is 2. The van der Waals surface area contributed by atoms with E-state index < -0.39 is 0 Å². The summed E-state index contributed by atoms with van der Waals surface area (Å²) in [4.78, 5) is 0. The Balaban J connectivity index is 2.31. The highest BCUT2D eigenvalue weighted by Crippen LogP contribution is 2.57. The van der Waals surface area contributed by atoms with Crippen molar-refractivity contribution in [3.05, 3.63) is 62.9 Å². The molecule has 2 aromatic rings. The lowest BCUT2D eigenvalue weighted by Crippen LogP contribution is -2.00. The van der Waals surface area contributed by atoms with Gasteiger partial charge in [0.05, 0.1) is 40.2 Å². The highest BCUT2D eigenvalue weighted by molar-refractivity contribution is 6.53. The van der Waals surface area contributed by atoms with E-state index in [1.54, 1.807) is 6.07 Å². The molecule has 0 bridgehead atoms. The molecule has 0 N–H and O–H groups in total. The van der Waals surface area contributed by atoms with Crippen molar-refractivity contribution < 1.29 is 0 Å². The van der Waals surface area contributed by atoms with Crippen LogP contribution in [0, 0.1) is 0 Å². The molecule has 0 amide bonds. The van der Waals surface area contributed by atoms with Crippen LogP contribution >= 0.6 is 92.8 Å². The first-order chi connectivity index (χ1) is 11.7. The van der Waals surface area contributed by atoms with E-state index >= 15 is 0 Å². The van der Waals surface area contributed by atoms with Crippen molar-refractivity contribution in [1.29, 1.82) is 0 Å². The molecule has 0 saturated heterocycles. The maximum absolute atomic E-state index is 6.55. The van der Waals surface area contributed by atoms with Crippen LogP contribution in [0.4, 0.5) is 0 Å². The smallest absolute Gasteiger partial charge is 0.0796 e. The van der Waals surface area contributed by atoms with Gasteiger partial charge in [-0.05, 0) is 35.1 Å². The van der Waals surface area contributed by atoms with Gasteiger partial charge in [-0.2, -0.15) is 0 Å². The summed E-state index contributed by atoms with van der Waals surface area (Å²) in [5.41, 5.74) is 2.55. The van der Waals surface area contributed by atoms with Gasteiger partial charge in [-0.15, -0.1) is 0 Å². The highest BCUT2D eigenvalue weighted by atomic mass is 35.5. The number of benzene rings is 2.